The van der Waals surface area contributed by atoms with Crippen molar-refractivity contribution < 1.29 is 4.74 Å². The number of aliphatic imine (C=N–C) groups is 1. The summed E-state index contributed by atoms with van der Waals surface area (Å²) in [6.45, 7) is 3.61. The zero-order chi connectivity index (χ0) is 10.6. The first kappa shape index (κ1) is 11.5. The Kier molecular flexibility index (Phi) is 6.92. The van der Waals surface area contributed by atoms with Crippen LogP contribution in [-0.4, -0.2) is 38.9 Å². The summed E-state index contributed by atoms with van der Waals surface area (Å²) >= 11 is 0. The van der Waals surface area contributed by atoms with E-state index in [1.807, 2.05) is 18.5 Å². The molecule has 0 aromatic rings. The molecular weight excluding hydrogens is 194 g/mol. The first-order valence-corrected chi connectivity index (χ1v) is 4.98. The van der Waals surface area contributed by atoms with Crippen LogP contribution < -0.4 is 16.3 Å². The third-order valence-corrected chi connectivity index (χ3v) is 1.58. The average Bonchev–Trinajstić information content (AvgIpc) is 3.09. The molecule has 0 atom stereocenters. The van der Waals surface area contributed by atoms with Crippen LogP contribution in [0.1, 0.15) is 6.42 Å². The lowest BCUT2D eigenvalue weighted by molar-refractivity contribution is 0.361. The van der Waals surface area contributed by atoms with E-state index in [-0.39, 0.29) is 0 Å². The SMILES string of the molecule is C1=CNNC1.C1=NCCO1.C1=NNCC1. The molecule has 0 saturated carbocycles. The molecule has 15 heavy (non-hydrogen) atoms. The van der Waals surface area contributed by atoms with E-state index in [4.69, 9.17) is 0 Å². The van der Waals surface area contributed by atoms with Gasteiger partial charge in [-0.25, -0.2) is 5.43 Å². The van der Waals surface area contributed by atoms with Crippen molar-refractivity contribution in [3.8, 4) is 0 Å². The summed E-state index contributed by atoms with van der Waals surface area (Å²) in [5, 5.41) is 3.71. The molecule has 3 aliphatic rings. The lowest BCUT2D eigenvalue weighted by Gasteiger charge is -1.83. The maximum atomic E-state index is 4.65. The number of hydrazone groups is 1. The molecule has 6 heteroatoms. The second kappa shape index (κ2) is 9.01. The highest BCUT2D eigenvalue weighted by atomic mass is 16.5. The van der Waals surface area contributed by atoms with E-state index in [0.29, 0.717) is 0 Å². The van der Waals surface area contributed by atoms with Gasteiger partial charge in [0.05, 0.1) is 6.54 Å². The fourth-order valence-electron chi connectivity index (χ4n) is 0.881. The third kappa shape index (κ3) is 7.51. The quantitative estimate of drug-likeness (QED) is 0.511. The van der Waals surface area contributed by atoms with Gasteiger partial charge in [0.15, 0.2) is 6.40 Å². The molecule has 0 aromatic heterocycles. The summed E-state index contributed by atoms with van der Waals surface area (Å²) < 4.78 is 4.65. The van der Waals surface area contributed by atoms with Gasteiger partial charge in [0, 0.05) is 31.9 Å². The maximum absolute atomic E-state index is 4.65. The maximum Gasteiger partial charge on any atom is 0.169 e. The van der Waals surface area contributed by atoms with Gasteiger partial charge in [0.1, 0.15) is 6.61 Å². The van der Waals surface area contributed by atoms with Crippen molar-refractivity contribution in [2.75, 3.05) is 26.2 Å². The highest BCUT2D eigenvalue weighted by molar-refractivity contribution is 5.58. The smallest absolute Gasteiger partial charge is 0.169 e. The first-order valence-electron chi connectivity index (χ1n) is 4.98. The van der Waals surface area contributed by atoms with Crippen molar-refractivity contribution >= 4 is 12.6 Å². The van der Waals surface area contributed by atoms with Gasteiger partial charge in [-0.15, -0.1) is 0 Å². The summed E-state index contributed by atoms with van der Waals surface area (Å²) in [7, 11) is 0. The van der Waals surface area contributed by atoms with Crippen LogP contribution in [0.4, 0.5) is 0 Å². The molecule has 0 spiro atoms. The minimum absolute atomic E-state index is 0.778. The molecule has 0 radical (unpaired) electrons. The van der Waals surface area contributed by atoms with Crippen LogP contribution in [0.3, 0.4) is 0 Å². The summed E-state index contributed by atoms with van der Waals surface area (Å²) in [5.41, 5.74) is 8.44. The van der Waals surface area contributed by atoms with Crippen molar-refractivity contribution in [1.82, 2.24) is 16.3 Å². The molecule has 0 aromatic carbocycles. The first-order chi connectivity index (χ1) is 7.50. The van der Waals surface area contributed by atoms with Crippen LogP contribution in [0.5, 0.6) is 0 Å². The van der Waals surface area contributed by atoms with Crippen LogP contribution in [0.2, 0.25) is 0 Å². The lowest BCUT2D eigenvalue weighted by Crippen LogP contribution is -2.19. The molecule has 0 unspecified atom stereocenters. The van der Waals surface area contributed by atoms with E-state index in [1.54, 1.807) is 0 Å². The van der Waals surface area contributed by atoms with Gasteiger partial charge in [0.2, 0.25) is 0 Å². The van der Waals surface area contributed by atoms with Gasteiger partial charge in [-0.3, -0.25) is 4.99 Å². The fraction of sp³-hybridized carbons (Fsp3) is 0.556. The number of hydrogen-bond donors (Lipinski definition) is 3. The van der Waals surface area contributed by atoms with E-state index in [0.717, 1.165) is 32.7 Å². The Bertz CT molecular complexity index is 171. The zero-order valence-corrected chi connectivity index (χ0v) is 8.65. The Hall–Kier alpha value is -1.56. The van der Waals surface area contributed by atoms with Crippen LogP contribution in [0.15, 0.2) is 22.4 Å². The monoisotopic (exact) mass is 211 g/mol. The van der Waals surface area contributed by atoms with Crippen LogP contribution >= 0.6 is 0 Å². The second-order valence-electron chi connectivity index (χ2n) is 2.82. The minimum Gasteiger partial charge on any atom is -0.482 e. The van der Waals surface area contributed by atoms with Crippen molar-refractivity contribution in [3.05, 3.63) is 12.3 Å². The third-order valence-electron chi connectivity index (χ3n) is 1.58. The van der Waals surface area contributed by atoms with Gasteiger partial charge >= 0.3 is 0 Å². The zero-order valence-electron chi connectivity index (χ0n) is 8.65. The number of nitrogens with one attached hydrogen (secondary N) is 3. The highest BCUT2D eigenvalue weighted by Crippen LogP contribution is 1.78. The predicted octanol–water partition coefficient (Wildman–Crippen LogP) is -0.382. The molecule has 3 heterocycles. The Balaban J connectivity index is 0.000000112. The lowest BCUT2D eigenvalue weighted by atomic mass is 10.5. The van der Waals surface area contributed by atoms with E-state index in [9.17, 15) is 0 Å². The Morgan fingerprint density at radius 3 is 2.53 bits per heavy atom. The molecule has 84 valence electrons. The summed E-state index contributed by atoms with van der Waals surface area (Å²) in [6, 6.07) is 0. The number of ether oxygens (including phenoxy) is 1. The molecule has 0 fully saturated rings. The fourth-order valence-corrected chi connectivity index (χ4v) is 0.881. The largest absolute Gasteiger partial charge is 0.482 e. The molecule has 3 N–H and O–H groups in total. The van der Waals surface area contributed by atoms with Crippen molar-refractivity contribution in [2.45, 2.75) is 6.42 Å². The standard InChI is InChI=1S/2C3H6N2.C3H5NO/c2*1-2-4-5-3-1;1-2-5-3-4-1/h2,5H,1,3H2;1-2,4-5H,3H2;3H,1-2H2. The summed E-state index contributed by atoms with van der Waals surface area (Å²) in [5.74, 6) is 0. The number of nitrogens with zero attached hydrogens (tertiary/aromatic N) is 2. The summed E-state index contributed by atoms with van der Waals surface area (Å²) in [4.78, 5) is 3.74. The van der Waals surface area contributed by atoms with E-state index >= 15 is 0 Å². The normalized spacial score (nSPS) is 19.2. The van der Waals surface area contributed by atoms with Gasteiger partial charge in [-0.1, -0.05) is 6.08 Å². The topological polar surface area (TPSA) is 70.0 Å². The minimum atomic E-state index is 0.778. The Morgan fingerprint density at radius 2 is 2.33 bits per heavy atom. The molecule has 0 saturated heterocycles. The van der Waals surface area contributed by atoms with E-state index in [1.165, 1.54) is 6.40 Å². The highest BCUT2D eigenvalue weighted by Gasteiger charge is 1.84. The van der Waals surface area contributed by atoms with E-state index in [2.05, 4.69) is 31.1 Å². The van der Waals surface area contributed by atoms with Gasteiger partial charge < -0.3 is 15.6 Å². The molecule has 0 bridgehead atoms. The summed E-state index contributed by atoms with van der Waals surface area (Å²) in [6.07, 6.45) is 8.35. The molecule has 0 amide bonds. The van der Waals surface area contributed by atoms with Crippen molar-refractivity contribution in [1.29, 1.82) is 0 Å². The predicted molar refractivity (Wildman–Crippen MR) is 60.7 cm³/mol. The van der Waals surface area contributed by atoms with Crippen molar-refractivity contribution in [3.63, 3.8) is 0 Å². The van der Waals surface area contributed by atoms with Crippen LogP contribution in [0, 0.1) is 0 Å². The number of rotatable bonds is 0. The molecule has 0 aliphatic carbocycles. The Morgan fingerprint density at radius 1 is 1.33 bits per heavy atom. The molecular formula is C9H17N5O. The van der Waals surface area contributed by atoms with Gasteiger partial charge in [0.25, 0.3) is 0 Å². The number of hydrazine groups is 1. The van der Waals surface area contributed by atoms with E-state index < -0.39 is 0 Å². The van der Waals surface area contributed by atoms with Crippen LogP contribution in [-0.2, 0) is 4.74 Å². The molecule has 6 nitrogen and oxygen atoms in total. The van der Waals surface area contributed by atoms with Crippen molar-refractivity contribution in [2.24, 2.45) is 10.1 Å². The average molecular weight is 211 g/mol. The molecule has 3 aliphatic heterocycles. The van der Waals surface area contributed by atoms with Gasteiger partial charge in [-0.05, 0) is 0 Å². The van der Waals surface area contributed by atoms with Gasteiger partial charge in [-0.2, -0.15) is 5.10 Å². The second-order valence-corrected chi connectivity index (χ2v) is 2.82. The Labute approximate surface area is 89.5 Å². The van der Waals surface area contributed by atoms with Crippen LogP contribution in [0.25, 0.3) is 0 Å². The number of hydrogen-bond acceptors (Lipinski definition) is 6. The molecule has 3 rings (SSSR count).